The number of carbonyl (C=O) groups is 1. The molecule has 0 N–H and O–H groups in total. The van der Waals surface area contributed by atoms with Gasteiger partial charge in [0, 0.05) is 10.0 Å². The van der Waals surface area contributed by atoms with Crippen LogP contribution in [0.15, 0.2) is 26.7 Å². The van der Waals surface area contributed by atoms with Gasteiger partial charge in [0.25, 0.3) is 0 Å². The molecule has 0 aromatic heterocycles. The van der Waals surface area contributed by atoms with E-state index in [1.807, 2.05) is 32.1 Å². The number of hydrogen-bond acceptors (Lipinski definition) is 2. The number of carbonyl (C=O) groups excluding carboxylic acids is 1. The van der Waals surface area contributed by atoms with Crippen molar-refractivity contribution in [1.82, 2.24) is 0 Å². The molecule has 0 aliphatic heterocycles. The maximum absolute atomic E-state index is 11.1. The van der Waals surface area contributed by atoms with Crippen molar-refractivity contribution in [3.05, 3.63) is 32.2 Å². The van der Waals surface area contributed by atoms with Gasteiger partial charge in [-0.3, -0.25) is 4.79 Å². The molecule has 0 aliphatic rings. The lowest BCUT2D eigenvalue weighted by atomic mass is 10.0. The summed E-state index contributed by atoms with van der Waals surface area (Å²) in [5, 5.41) is 0. The van der Waals surface area contributed by atoms with Gasteiger partial charge in [0.15, 0.2) is 0 Å². The van der Waals surface area contributed by atoms with Crippen LogP contribution < -0.4 is 4.74 Å². The Morgan fingerprint density at radius 2 is 2.05 bits per heavy atom. The van der Waals surface area contributed by atoms with E-state index in [0.29, 0.717) is 6.61 Å². The summed E-state index contributed by atoms with van der Waals surface area (Å²) in [6, 6.07) is 3.90. The Morgan fingerprint density at radius 1 is 1.37 bits per heavy atom. The Labute approximate surface area is 131 Å². The highest BCUT2D eigenvalue weighted by atomic mass is 79.9. The highest BCUT2D eigenvalue weighted by Crippen LogP contribution is 2.34. The molecule has 0 saturated heterocycles. The zero-order chi connectivity index (χ0) is 14.4. The lowest BCUT2D eigenvalue weighted by Gasteiger charge is -2.13. The number of rotatable bonds is 6. The van der Waals surface area contributed by atoms with Gasteiger partial charge in [0.05, 0.1) is 11.1 Å². The van der Waals surface area contributed by atoms with Crippen molar-refractivity contribution in [2.24, 2.45) is 5.92 Å². The van der Waals surface area contributed by atoms with Crippen LogP contribution in [0, 0.1) is 5.92 Å². The molecule has 0 heterocycles. The molecular weight excluding hydrogens is 372 g/mol. The van der Waals surface area contributed by atoms with E-state index in [1.54, 1.807) is 0 Å². The number of allylic oxidation sites excluding steroid dienone is 1. The SMILES string of the molecule is CCCOc1c(Br)cc(Br)cc1C=C(C=O)C(C)C. The lowest BCUT2D eigenvalue weighted by Crippen LogP contribution is -2.00. The van der Waals surface area contributed by atoms with Crippen LogP contribution in [0.4, 0.5) is 0 Å². The minimum Gasteiger partial charge on any atom is -0.492 e. The fourth-order valence-electron chi connectivity index (χ4n) is 1.56. The summed E-state index contributed by atoms with van der Waals surface area (Å²) in [7, 11) is 0. The van der Waals surface area contributed by atoms with Gasteiger partial charge in [0.1, 0.15) is 12.0 Å². The number of benzene rings is 1. The molecule has 4 heteroatoms. The fourth-order valence-corrected chi connectivity index (χ4v) is 2.93. The Balaban J connectivity index is 3.27. The summed E-state index contributed by atoms with van der Waals surface area (Å²) in [5.41, 5.74) is 1.66. The monoisotopic (exact) mass is 388 g/mol. The lowest BCUT2D eigenvalue weighted by molar-refractivity contribution is -0.105. The van der Waals surface area contributed by atoms with Crippen LogP contribution in [0.2, 0.25) is 0 Å². The van der Waals surface area contributed by atoms with E-state index in [2.05, 4.69) is 38.8 Å². The van der Waals surface area contributed by atoms with Crippen LogP contribution in [0.1, 0.15) is 32.8 Å². The van der Waals surface area contributed by atoms with E-state index in [-0.39, 0.29) is 5.92 Å². The highest BCUT2D eigenvalue weighted by Gasteiger charge is 2.11. The van der Waals surface area contributed by atoms with Crippen LogP contribution in [0.25, 0.3) is 6.08 Å². The van der Waals surface area contributed by atoms with Crippen molar-refractivity contribution in [3.8, 4) is 5.75 Å². The van der Waals surface area contributed by atoms with Gasteiger partial charge in [-0.25, -0.2) is 0 Å². The van der Waals surface area contributed by atoms with E-state index in [1.165, 1.54) is 0 Å². The fraction of sp³-hybridized carbons (Fsp3) is 0.400. The third kappa shape index (κ3) is 4.77. The van der Waals surface area contributed by atoms with Crippen LogP contribution in [0.3, 0.4) is 0 Å². The van der Waals surface area contributed by atoms with Gasteiger partial charge < -0.3 is 4.74 Å². The van der Waals surface area contributed by atoms with Gasteiger partial charge in [-0.05, 0) is 52.1 Å². The second kappa shape index (κ2) is 7.85. The molecule has 0 fully saturated rings. The zero-order valence-electron chi connectivity index (χ0n) is 11.4. The molecule has 1 rings (SSSR count). The molecule has 0 atom stereocenters. The van der Waals surface area contributed by atoms with E-state index < -0.39 is 0 Å². The molecule has 0 aliphatic carbocycles. The minimum atomic E-state index is 0.189. The van der Waals surface area contributed by atoms with E-state index in [9.17, 15) is 4.79 Å². The second-order valence-corrected chi connectivity index (χ2v) is 6.34. The predicted octanol–water partition coefficient (Wildman–Crippen LogP) is 5.24. The van der Waals surface area contributed by atoms with E-state index in [0.717, 1.165) is 38.5 Å². The van der Waals surface area contributed by atoms with Gasteiger partial charge in [-0.2, -0.15) is 0 Å². The molecule has 104 valence electrons. The molecule has 19 heavy (non-hydrogen) atoms. The van der Waals surface area contributed by atoms with Crippen LogP contribution >= 0.6 is 31.9 Å². The third-order valence-electron chi connectivity index (χ3n) is 2.61. The number of aldehydes is 1. The normalized spacial score (nSPS) is 11.8. The molecule has 2 nitrogen and oxygen atoms in total. The van der Waals surface area contributed by atoms with Crippen LogP contribution in [0.5, 0.6) is 5.75 Å². The van der Waals surface area contributed by atoms with Crippen molar-refractivity contribution in [2.45, 2.75) is 27.2 Å². The van der Waals surface area contributed by atoms with Gasteiger partial charge in [-0.15, -0.1) is 0 Å². The van der Waals surface area contributed by atoms with Gasteiger partial charge in [-0.1, -0.05) is 36.7 Å². The van der Waals surface area contributed by atoms with E-state index >= 15 is 0 Å². The number of ether oxygens (including phenoxy) is 1. The summed E-state index contributed by atoms with van der Waals surface area (Å²) in [4.78, 5) is 11.1. The highest BCUT2D eigenvalue weighted by molar-refractivity contribution is 9.11. The molecule has 0 unspecified atom stereocenters. The van der Waals surface area contributed by atoms with Crippen molar-refractivity contribution in [2.75, 3.05) is 6.61 Å². The molecule has 1 aromatic carbocycles. The maximum atomic E-state index is 11.1. The molecule has 0 saturated carbocycles. The summed E-state index contributed by atoms with van der Waals surface area (Å²) in [6.45, 7) is 6.71. The van der Waals surface area contributed by atoms with E-state index in [4.69, 9.17) is 4.74 Å². The predicted molar refractivity (Wildman–Crippen MR) is 86.5 cm³/mol. The molecular formula is C15H18Br2O2. The Bertz CT molecular complexity index is 479. The molecule has 1 aromatic rings. The summed E-state index contributed by atoms with van der Waals surface area (Å²) >= 11 is 6.97. The van der Waals surface area contributed by atoms with Crippen molar-refractivity contribution in [3.63, 3.8) is 0 Å². The second-order valence-electron chi connectivity index (χ2n) is 4.57. The van der Waals surface area contributed by atoms with Crippen molar-refractivity contribution >= 4 is 44.2 Å². The van der Waals surface area contributed by atoms with Crippen molar-refractivity contribution in [1.29, 1.82) is 0 Å². The molecule has 0 radical (unpaired) electrons. The van der Waals surface area contributed by atoms with Crippen LogP contribution in [-0.2, 0) is 4.79 Å². The first kappa shape index (κ1) is 16.4. The maximum Gasteiger partial charge on any atom is 0.146 e. The number of hydrogen-bond donors (Lipinski definition) is 0. The van der Waals surface area contributed by atoms with Crippen molar-refractivity contribution < 1.29 is 9.53 Å². The average Bonchev–Trinajstić information content (AvgIpc) is 2.34. The third-order valence-corrected chi connectivity index (χ3v) is 3.66. The molecule has 0 amide bonds. The Kier molecular flexibility index (Phi) is 6.80. The summed E-state index contributed by atoms with van der Waals surface area (Å²) in [6.07, 6.45) is 3.73. The standard InChI is InChI=1S/C15H18Br2O2/c1-4-5-19-15-11(6-12(9-18)10(2)3)7-13(16)8-14(15)17/h6-10H,4-5H2,1-3H3. The Hall–Kier alpha value is -0.610. The zero-order valence-corrected chi connectivity index (χ0v) is 14.5. The Morgan fingerprint density at radius 3 is 2.58 bits per heavy atom. The largest absolute Gasteiger partial charge is 0.492 e. The first-order chi connectivity index (χ1) is 8.99. The smallest absolute Gasteiger partial charge is 0.146 e. The van der Waals surface area contributed by atoms with Gasteiger partial charge in [0.2, 0.25) is 0 Å². The quantitative estimate of drug-likeness (QED) is 0.491. The van der Waals surface area contributed by atoms with Crippen LogP contribution in [-0.4, -0.2) is 12.9 Å². The molecule has 0 spiro atoms. The van der Waals surface area contributed by atoms with Gasteiger partial charge >= 0.3 is 0 Å². The summed E-state index contributed by atoms with van der Waals surface area (Å²) in [5.74, 6) is 0.972. The summed E-state index contributed by atoms with van der Waals surface area (Å²) < 4.78 is 7.60. The minimum absolute atomic E-state index is 0.189. The number of halogens is 2. The average molecular weight is 390 g/mol. The first-order valence-corrected chi connectivity index (χ1v) is 7.86. The molecule has 0 bridgehead atoms. The topological polar surface area (TPSA) is 26.3 Å². The first-order valence-electron chi connectivity index (χ1n) is 6.28.